The number of hydrogen-bond donors (Lipinski definition) is 1. The second kappa shape index (κ2) is 4.72. The molecule has 0 fully saturated rings. The molecule has 74 valence electrons. The Balaban J connectivity index is 2.89. The first-order valence-electron chi connectivity index (χ1n) is 4.43. The Labute approximate surface area is 86.8 Å². The fourth-order valence-corrected chi connectivity index (χ4v) is 2.02. The second-order valence-electron chi connectivity index (χ2n) is 3.02. The predicted molar refractivity (Wildman–Crippen MR) is 55.4 cm³/mol. The number of rotatable bonds is 4. The van der Waals surface area contributed by atoms with Gasteiger partial charge in [0.15, 0.2) is 4.60 Å². The lowest BCUT2D eigenvalue weighted by molar-refractivity contribution is 0.498. The van der Waals surface area contributed by atoms with Gasteiger partial charge < -0.3 is 5.32 Å². The molecule has 4 nitrogen and oxygen atoms in total. The molecule has 1 aromatic heterocycles. The van der Waals surface area contributed by atoms with Gasteiger partial charge in [-0.1, -0.05) is 18.6 Å². The molecule has 0 saturated heterocycles. The number of nitrogens with one attached hydrogen (secondary N) is 1. The largest absolute Gasteiger partial charge is 0.312 e. The van der Waals surface area contributed by atoms with Gasteiger partial charge in [-0.2, -0.15) is 0 Å². The molecule has 1 rings (SSSR count). The minimum atomic E-state index is 0.333. The zero-order valence-electron chi connectivity index (χ0n) is 8.21. The van der Waals surface area contributed by atoms with Crippen LogP contribution in [0.1, 0.15) is 31.5 Å². The fourth-order valence-electron chi connectivity index (χ4n) is 1.42. The molecule has 0 aliphatic carbocycles. The lowest BCUT2D eigenvalue weighted by Crippen LogP contribution is -2.19. The van der Waals surface area contributed by atoms with E-state index >= 15 is 0 Å². The predicted octanol–water partition coefficient (Wildman–Crippen LogP) is 1.64. The molecule has 0 aliphatic heterocycles. The highest BCUT2D eigenvalue weighted by atomic mass is 79.9. The Bertz CT molecular complexity index is 252. The smallest absolute Gasteiger partial charge is 0.153 e. The molecule has 0 bridgehead atoms. The Morgan fingerprint density at radius 3 is 2.69 bits per heavy atom. The molecule has 1 heterocycles. The third-order valence-electron chi connectivity index (χ3n) is 2.08. The maximum Gasteiger partial charge on any atom is 0.153 e. The van der Waals surface area contributed by atoms with Crippen molar-refractivity contribution >= 4 is 15.9 Å². The van der Waals surface area contributed by atoms with Crippen molar-refractivity contribution in [2.24, 2.45) is 7.05 Å². The molecule has 0 aliphatic rings. The minimum Gasteiger partial charge on any atom is -0.312 e. The van der Waals surface area contributed by atoms with Gasteiger partial charge in [-0.15, -0.1) is 5.10 Å². The highest BCUT2D eigenvalue weighted by Crippen LogP contribution is 2.23. The Kier molecular flexibility index (Phi) is 3.87. The van der Waals surface area contributed by atoms with Gasteiger partial charge in [0.25, 0.3) is 0 Å². The summed E-state index contributed by atoms with van der Waals surface area (Å²) in [7, 11) is 3.87. The lowest BCUT2D eigenvalue weighted by Gasteiger charge is -2.14. The first kappa shape index (κ1) is 10.7. The molecule has 0 radical (unpaired) electrons. The van der Waals surface area contributed by atoms with Crippen LogP contribution < -0.4 is 5.32 Å². The molecule has 0 amide bonds. The van der Waals surface area contributed by atoms with Crippen molar-refractivity contribution < 1.29 is 0 Å². The lowest BCUT2D eigenvalue weighted by atomic mass is 10.1. The van der Waals surface area contributed by atoms with Crippen LogP contribution >= 0.6 is 15.9 Å². The number of aromatic nitrogens is 3. The van der Waals surface area contributed by atoms with E-state index in [-0.39, 0.29) is 0 Å². The van der Waals surface area contributed by atoms with Gasteiger partial charge in [0.05, 0.1) is 11.7 Å². The average Bonchev–Trinajstić information content (AvgIpc) is 2.43. The van der Waals surface area contributed by atoms with Crippen LogP contribution in [-0.4, -0.2) is 22.0 Å². The summed E-state index contributed by atoms with van der Waals surface area (Å²) < 4.78 is 2.64. The van der Waals surface area contributed by atoms with Crippen LogP contribution in [0.25, 0.3) is 0 Å². The van der Waals surface area contributed by atoms with Crippen LogP contribution in [-0.2, 0) is 7.05 Å². The molecular formula is C8H15BrN4. The summed E-state index contributed by atoms with van der Waals surface area (Å²) in [4.78, 5) is 0. The van der Waals surface area contributed by atoms with Crippen molar-refractivity contribution in [2.75, 3.05) is 7.05 Å². The molecule has 1 unspecified atom stereocenters. The fraction of sp³-hybridized carbons (Fsp3) is 0.750. The van der Waals surface area contributed by atoms with E-state index in [0.717, 1.165) is 23.1 Å². The Morgan fingerprint density at radius 2 is 2.31 bits per heavy atom. The summed E-state index contributed by atoms with van der Waals surface area (Å²) in [6.45, 7) is 2.17. The van der Waals surface area contributed by atoms with Gasteiger partial charge in [0.1, 0.15) is 0 Å². The SMILES string of the molecule is CCCC(NC)c1c(Br)nnn1C. The van der Waals surface area contributed by atoms with E-state index in [1.807, 2.05) is 14.1 Å². The maximum absolute atomic E-state index is 3.96. The summed E-state index contributed by atoms with van der Waals surface area (Å²) in [5, 5.41) is 11.2. The van der Waals surface area contributed by atoms with Gasteiger partial charge >= 0.3 is 0 Å². The molecule has 5 heteroatoms. The van der Waals surface area contributed by atoms with E-state index in [1.165, 1.54) is 0 Å². The quantitative estimate of drug-likeness (QED) is 0.879. The topological polar surface area (TPSA) is 42.7 Å². The standard InChI is InChI=1S/C8H15BrN4/c1-4-5-6(10-2)7-8(9)11-12-13(7)3/h6,10H,4-5H2,1-3H3. The highest BCUT2D eigenvalue weighted by molar-refractivity contribution is 9.10. The molecule has 1 N–H and O–H groups in total. The van der Waals surface area contributed by atoms with Gasteiger partial charge in [-0.05, 0) is 29.4 Å². The zero-order chi connectivity index (χ0) is 9.84. The van der Waals surface area contributed by atoms with Gasteiger partial charge in [-0.3, -0.25) is 0 Å². The van der Waals surface area contributed by atoms with Crippen molar-refractivity contribution in [1.29, 1.82) is 0 Å². The number of halogens is 1. The highest BCUT2D eigenvalue weighted by Gasteiger charge is 2.17. The van der Waals surface area contributed by atoms with E-state index in [4.69, 9.17) is 0 Å². The normalized spacial score (nSPS) is 13.2. The molecular weight excluding hydrogens is 232 g/mol. The minimum absolute atomic E-state index is 0.333. The summed E-state index contributed by atoms with van der Waals surface area (Å²) in [5.41, 5.74) is 1.12. The number of hydrogen-bond acceptors (Lipinski definition) is 3. The third kappa shape index (κ3) is 2.28. The van der Waals surface area contributed by atoms with Crippen LogP contribution in [0, 0.1) is 0 Å². The maximum atomic E-state index is 3.96. The summed E-state index contributed by atoms with van der Waals surface area (Å²) in [5.74, 6) is 0. The van der Waals surface area contributed by atoms with Crippen LogP contribution in [0.3, 0.4) is 0 Å². The second-order valence-corrected chi connectivity index (χ2v) is 3.77. The van der Waals surface area contributed by atoms with Gasteiger partial charge in [-0.25, -0.2) is 4.68 Å². The Hall–Kier alpha value is -0.420. The monoisotopic (exact) mass is 246 g/mol. The van der Waals surface area contributed by atoms with E-state index in [1.54, 1.807) is 4.68 Å². The van der Waals surface area contributed by atoms with Gasteiger partial charge in [0.2, 0.25) is 0 Å². The van der Waals surface area contributed by atoms with Crippen LogP contribution in [0.15, 0.2) is 4.60 Å². The Morgan fingerprint density at radius 1 is 1.62 bits per heavy atom. The van der Waals surface area contributed by atoms with E-state index in [9.17, 15) is 0 Å². The molecule has 0 aromatic carbocycles. The van der Waals surface area contributed by atoms with Crippen LogP contribution in [0.5, 0.6) is 0 Å². The van der Waals surface area contributed by atoms with Crippen molar-refractivity contribution in [1.82, 2.24) is 20.3 Å². The first-order chi connectivity index (χ1) is 6.20. The zero-order valence-corrected chi connectivity index (χ0v) is 9.80. The van der Waals surface area contributed by atoms with Crippen LogP contribution in [0.4, 0.5) is 0 Å². The summed E-state index contributed by atoms with van der Waals surface area (Å²) in [6, 6.07) is 0.333. The molecule has 0 spiro atoms. The molecule has 0 saturated carbocycles. The first-order valence-corrected chi connectivity index (χ1v) is 5.22. The average molecular weight is 247 g/mol. The number of aryl methyl sites for hydroxylation is 1. The van der Waals surface area contributed by atoms with Crippen molar-refractivity contribution in [2.45, 2.75) is 25.8 Å². The summed E-state index contributed by atoms with van der Waals surface area (Å²) >= 11 is 3.39. The van der Waals surface area contributed by atoms with Crippen molar-refractivity contribution in [3.05, 3.63) is 10.3 Å². The molecule has 1 aromatic rings. The third-order valence-corrected chi connectivity index (χ3v) is 2.65. The van der Waals surface area contributed by atoms with Crippen LogP contribution in [0.2, 0.25) is 0 Å². The van der Waals surface area contributed by atoms with Crippen molar-refractivity contribution in [3.8, 4) is 0 Å². The number of nitrogens with zero attached hydrogens (tertiary/aromatic N) is 3. The van der Waals surface area contributed by atoms with E-state index in [0.29, 0.717) is 6.04 Å². The van der Waals surface area contributed by atoms with E-state index < -0.39 is 0 Å². The van der Waals surface area contributed by atoms with Gasteiger partial charge in [0, 0.05) is 7.05 Å². The molecule has 1 atom stereocenters. The van der Waals surface area contributed by atoms with Crippen molar-refractivity contribution in [3.63, 3.8) is 0 Å². The van der Waals surface area contributed by atoms with E-state index in [2.05, 4.69) is 38.5 Å². The summed E-state index contributed by atoms with van der Waals surface area (Å²) in [6.07, 6.45) is 2.24. The molecule has 13 heavy (non-hydrogen) atoms.